The highest BCUT2D eigenvalue weighted by molar-refractivity contribution is 7.80. The second-order valence-electron chi connectivity index (χ2n) is 6.95. The maximum Gasteiger partial charge on any atom is 0.280 e. The third-order valence-electron chi connectivity index (χ3n) is 4.95. The average Bonchev–Trinajstić information content (AvgIpc) is 3.12. The van der Waals surface area contributed by atoms with Gasteiger partial charge in [-0.2, -0.15) is 0 Å². The molecule has 1 aliphatic rings. The third kappa shape index (κ3) is 4.62. The van der Waals surface area contributed by atoms with Crippen LogP contribution in [0.5, 0.6) is 0 Å². The Labute approximate surface area is 164 Å². The number of carbonyl (C=O) groups is 1. The molecule has 0 unspecified atom stereocenters. The number of aryl methyl sites for hydroxylation is 1. The Kier molecular flexibility index (Phi) is 6.27. The van der Waals surface area contributed by atoms with Gasteiger partial charge in [-0.1, -0.05) is 49.6 Å². The van der Waals surface area contributed by atoms with Gasteiger partial charge >= 0.3 is 0 Å². The first-order valence-electron chi connectivity index (χ1n) is 9.06. The van der Waals surface area contributed by atoms with Crippen molar-refractivity contribution in [3.05, 3.63) is 46.2 Å². The average molecular weight is 388 g/mol. The molecule has 1 amide bonds. The molecule has 3 N–H and O–H groups in total. The highest BCUT2D eigenvalue weighted by Gasteiger charge is 2.22. The first kappa shape index (κ1) is 18.9. The van der Waals surface area contributed by atoms with E-state index in [9.17, 15) is 4.79 Å². The van der Waals surface area contributed by atoms with Gasteiger partial charge in [-0.05, 0) is 54.9 Å². The van der Waals surface area contributed by atoms with Gasteiger partial charge < -0.3 is 5.32 Å². The van der Waals surface area contributed by atoms with Gasteiger partial charge in [0.2, 0.25) is 0 Å². The molecular weight excluding hydrogens is 362 g/mol. The van der Waals surface area contributed by atoms with Crippen LogP contribution in [0.25, 0.3) is 11.1 Å². The molecule has 6 heteroatoms. The predicted molar refractivity (Wildman–Crippen MR) is 112 cm³/mol. The molecule has 0 bridgehead atoms. The number of amides is 1. The highest BCUT2D eigenvalue weighted by atomic mass is 32.1. The molecule has 0 spiro atoms. The monoisotopic (exact) mass is 387 g/mol. The number of thiocarbonyl (C=S) groups is 1. The van der Waals surface area contributed by atoms with Crippen LogP contribution in [0, 0.1) is 12.8 Å². The molecule has 1 aromatic carbocycles. The summed E-state index contributed by atoms with van der Waals surface area (Å²) in [5.41, 5.74) is 8.76. The summed E-state index contributed by atoms with van der Waals surface area (Å²) in [5, 5.41) is 5.74. The van der Waals surface area contributed by atoms with Crippen molar-refractivity contribution >= 4 is 34.6 Å². The summed E-state index contributed by atoms with van der Waals surface area (Å²) in [5.74, 6) is 0.432. The summed E-state index contributed by atoms with van der Waals surface area (Å²) < 4.78 is 0. The van der Waals surface area contributed by atoms with E-state index in [1.54, 1.807) is 0 Å². The standard InChI is InChI=1S/C20H25N3OS2/c1-13-7-9-15(10-8-13)16-11-12-26-18(16)19(24)22-23-20(25)21-17-6-4-3-5-14(17)2/h7-12,14,17H,3-6H2,1-2H3,(H,22,24)(H2,21,23,25)/t14-,17+/m1/s1. The van der Waals surface area contributed by atoms with Crippen molar-refractivity contribution in [3.8, 4) is 11.1 Å². The number of rotatable bonds is 3. The van der Waals surface area contributed by atoms with E-state index in [4.69, 9.17) is 12.2 Å². The second kappa shape index (κ2) is 8.64. The Bertz CT molecular complexity index is 770. The Morgan fingerprint density at radius 2 is 1.85 bits per heavy atom. The lowest BCUT2D eigenvalue weighted by Gasteiger charge is -2.30. The minimum absolute atomic E-state index is 0.170. The molecular formula is C20H25N3OS2. The molecule has 2 aromatic rings. The number of nitrogens with one attached hydrogen (secondary N) is 3. The number of hydrogen-bond acceptors (Lipinski definition) is 3. The lowest BCUT2D eigenvalue weighted by Crippen LogP contribution is -2.51. The molecule has 1 aromatic heterocycles. The largest absolute Gasteiger partial charge is 0.358 e. The van der Waals surface area contributed by atoms with E-state index in [-0.39, 0.29) is 5.91 Å². The van der Waals surface area contributed by atoms with E-state index in [1.165, 1.54) is 36.2 Å². The van der Waals surface area contributed by atoms with Crippen molar-refractivity contribution in [1.29, 1.82) is 0 Å². The molecule has 0 aliphatic heterocycles. The Morgan fingerprint density at radius 3 is 2.58 bits per heavy atom. The molecule has 1 fully saturated rings. The van der Waals surface area contributed by atoms with Gasteiger partial charge in [-0.15, -0.1) is 11.3 Å². The molecule has 1 aliphatic carbocycles. The van der Waals surface area contributed by atoms with Gasteiger partial charge in [-0.3, -0.25) is 15.6 Å². The van der Waals surface area contributed by atoms with Crippen molar-refractivity contribution in [1.82, 2.24) is 16.2 Å². The summed E-state index contributed by atoms with van der Waals surface area (Å²) in [7, 11) is 0. The molecule has 1 heterocycles. The lowest BCUT2D eigenvalue weighted by molar-refractivity contribution is 0.0948. The molecule has 3 rings (SSSR count). The minimum atomic E-state index is -0.170. The summed E-state index contributed by atoms with van der Waals surface area (Å²) >= 11 is 6.77. The van der Waals surface area contributed by atoms with E-state index in [1.807, 2.05) is 23.6 Å². The van der Waals surface area contributed by atoms with Gasteiger partial charge in [0.05, 0.1) is 0 Å². The number of hydrogen-bond donors (Lipinski definition) is 3. The highest BCUT2D eigenvalue weighted by Crippen LogP contribution is 2.28. The lowest BCUT2D eigenvalue weighted by atomic mass is 9.86. The molecule has 26 heavy (non-hydrogen) atoms. The summed E-state index contributed by atoms with van der Waals surface area (Å²) in [6.07, 6.45) is 4.86. The summed E-state index contributed by atoms with van der Waals surface area (Å²) in [4.78, 5) is 13.3. The first-order chi connectivity index (χ1) is 12.5. The van der Waals surface area contributed by atoms with Crippen molar-refractivity contribution in [2.45, 2.75) is 45.6 Å². The molecule has 4 nitrogen and oxygen atoms in total. The van der Waals surface area contributed by atoms with Crippen LogP contribution in [0.1, 0.15) is 47.8 Å². The maximum absolute atomic E-state index is 12.6. The van der Waals surface area contributed by atoms with E-state index >= 15 is 0 Å². The molecule has 138 valence electrons. The van der Waals surface area contributed by atoms with Gasteiger partial charge in [0.15, 0.2) is 5.11 Å². The zero-order valence-electron chi connectivity index (χ0n) is 15.2. The quantitative estimate of drug-likeness (QED) is 0.539. The van der Waals surface area contributed by atoms with Crippen LogP contribution >= 0.6 is 23.6 Å². The van der Waals surface area contributed by atoms with Crippen LogP contribution in [-0.2, 0) is 0 Å². The van der Waals surface area contributed by atoms with Crippen LogP contribution in [0.2, 0.25) is 0 Å². The molecule has 0 saturated heterocycles. The summed E-state index contributed by atoms with van der Waals surface area (Å²) in [6, 6.07) is 10.5. The zero-order chi connectivity index (χ0) is 18.5. The fraction of sp³-hybridized carbons (Fsp3) is 0.400. The molecule has 2 atom stereocenters. The SMILES string of the molecule is Cc1ccc(-c2ccsc2C(=O)NNC(=S)N[C@H]2CCCC[C@H]2C)cc1. The van der Waals surface area contributed by atoms with Crippen molar-refractivity contribution in [2.24, 2.45) is 5.92 Å². The van der Waals surface area contributed by atoms with Gasteiger partial charge in [0.25, 0.3) is 5.91 Å². The van der Waals surface area contributed by atoms with Gasteiger partial charge in [0.1, 0.15) is 4.88 Å². The second-order valence-corrected chi connectivity index (χ2v) is 8.27. The number of benzene rings is 1. The smallest absolute Gasteiger partial charge is 0.280 e. The minimum Gasteiger partial charge on any atom is -0.358 e. The molecule has 1 saturated carbocycles. The zero-order valence-corrected chi connectivity index (χ0v) is 16.8. The van der Waals surface area contributed by atoms with Crippen molar-refractivity contribution in [2.75, 3.05) is 0 Å². The van der Waals surface area contributed by atoms with Crippen LogP contribution in [-0.4, -0.2) is 17.1 Å². The Balaban J connectivity index is 1.58. The predicted octanol–water partition coefficient (Wildman–Crippen LogP) is 4.41. The Morgan fingerprint density at radius 1 is 1.12 bits per heavy atom. The van der Waals surface area contributed by atoms with Crippen molar-refractivity contribution in [3.63, 3.8) is 0 Å². The van der Waals surface area contributed by atoms with Crippen molar-refractivity contribution < 1.29 is 4.79 Å². The number of carbonyl (C=O) groups excluding carboxylic acids is 1. The number of hydrazine groups is 1. The summed E-state index contributed by atoms with van der Waals surface area (Å²) in [6.45, 7) is 4.30. The van der Waals surface area contributed by atoms with Crippen LogP contribution < -0.4 is 16.2 Å². The first-order valence-corrected chi connectivity index (χ1v) is 10.3. The topological polar surface area (TPSA) is 53.2 Å². The third-order valence-corrected chi connectivity index (χ3v) is 6.08. The van der Waals surface area contributed by atoms with E-state index < -0.39 is 0 Å². The Hall–Kier alpha value is -1.92. The van der Waals surface area contributed by atoms with Crippen LogP contribution in [0.15, 0.2) is 35.7 Å². The van der Waals surface area contributed by atoms with Crippen LogP contribution in [0.3, 0.4) is 0 Å². The fourth-order valence-corrected chi connectivity index (χ4v) is 4.36. The van der Waals surface area contributed by atoms with Gasteiger partial charge in [-0.25, -0.2) is 0 Å². The maximum atomic E-state index is 12.6. The van der Waals surface area contributed by atoms with Crippen LogP contribution in [0.4, 0.5) is 0 Å². The normalized spacial score (nSPS) is 19.6. The van der Waals surface area contributed by atoms with E-state index in [0.29, 0.717) is 21.9 Å². The molecule has 0 radical (unpaired) electrons. The van der Waals surface area contributed by atoms with E-state index in [2.05, 4.69) is 42.1 Å². The van der Waals surface area contributed by atoms with Gasteiger partial charge in [0, 0.05) is 11.6 Å². The fourth-order valence-electron chi connectivity index (χ4n) is 3.35. The number of thiophene rings is 1. The van der Waals surface area contributed by atoms with E-state index in [0.717, 1.165) is 17.5 Å².